The largest absolute Gasteiger partial charge is 0.497 e. The van der Waals surface area contributed by atoms with Crippen LogP contribution in [0.3, 0.4) is 0 Å². The van der Waals surface area contributed by atoms with Crippen molar-refractivity contribution in [1.82, 2.24) is 14.4 Å². The summed E-state index contributed by atoms with van der Waals surface area (Å²) in [4.78, 5) is 30.8. The van der Waals surface area contributed by atoms with Crippen molar-refractivity contribution in [3.05, 3.63) is 89.2 Å². The smallest absolute Gasteiger partial charge is 0.254 e. The first-order valence-electron chi connectivity index (χ1n) is 13.1. The summed E-state index contributed by atoms with van der Waals surface area (Å²) < 4.78 is 7.51. The highest BCUT2D eigenvalue weighted by Gasteiger charge is 2.26. The third-order valence-corrected chi connectivity index (χ3v) is 6.82. The molecule has 1 aromatic heterocycles. The normalized spacial score (nSPS) is 11.9. The van der Waals surface area contributed by atoms with Gasteiger partial charge < -0.3 is 19.1 Å². The average Bonchev–Trinajstić information content (AvgIpc) is 3.33. The maximum atomic E-state index is 13.7. The summed E-state index contributed by atoms with van der Waals surface area (Å²) >= 11 is 0. The molecule has 198 valence electrons. The maximum absolute atomic E-state index is 13.7. The Morgan fingerprint density at radius 3 is 2.43 bits per heavy atom. The Hall–Kier alpha value is -3.54. The maximum Gasteiger partial charge on any atom is 0.254 e. The van der Waals surface area contributed by atoms with E-state index < -0.39 is 0 Å². The van der Waals surface area contributed by atoms with Crippen molar-refractivity contribution in [3.63, 3.8) is 0 Å². The Balaban J connectivity index is 1.82. The quantitative estimate of drug-likeness (QED) is 0.315. The fraction of sp³-hybridized carbons (Fsp3) is 0.419. The number of aryl methyl sites for hydroxylation is 1. The van der Waals surface area contributed by atoms with E-state index in [2.05, 4.69) is 75.7 Å². The molecule has 0 N–H and O–H groups in total. The Morgan fingerprint density at radius 2 is 1.76 bits per heavy atom. The zero-order valence-electron chi connectivity index (χ0n) is 23.1. The second-order valence-corrected chi connectivity index (χ2v) is 10.1. The van der Waals surface area contributed by atoms with Crippen molar-refractivity contribution >= 4 is 11.8 Å². The van der Waals surface area contributed by atoms with Gasteiger partial charge in [-0.3, -0.25) is 9.59 Å². The van der Waals surface area contributed by atoms with Crippen LogP contribution in [0.1, 0.15) is 61.3 Å². The lowest BCUT2D eigenvalue weighted by Crippen LogP contribution is -2.47. The van der Waals surface area contributed by atoms with Gasteiger partial charge in [-0.15, -0.1) is 0 Å². The first kappa shape index (κ1) is 28.0. The zero-order valence-corrected chi connectivity index (χ0v) is 23.1. The molecule has 1 unspecified atom stereocenters. The topological polar surface area (TPSA) is 54.8 Å². The van der Waals surface area contributed by atoms with E-state index >= 15 is 0 Å². The van der Waals surface area contributed by atoms with E-state index in [1.54, 1.807) is 30.2 Å². The van der Waals surface area contributed by atoms with Gasteiger partial charge in [0, 0.05) is 36.6 Å². The number of benzene rings is 2. The minimum atomic E-state index is -0.159. The van der Waals surface area contributed by atoms with Crippen molar-refractivity contribution in [2.24, 2.45) is 5.92 Å². The number of rotatable bonds is 12. The number of aromatic nitrogens is 1. The van der Waals surface area contributed by atoms with E-state index in [0.29, 0.717) is 24.4 Å². The van der Waals surface area contributed by atoms with Gasteiger partial charge in [-0.2, -0.15) is 0 Å². The second kappa shape index (κ2) is 13.1. The second-order valence-electron chi connectivity index (χ2n) is 10.1. The molecule has 2 aromatic carbocycles. The predicted molar refractivity (Wildman–Crippen MR) is 149 cm³/mol. The Labute approximate surface area is 221 Å². The van der Waals surface area contributed by atoms with Crippen LogP contribution in [-0.2, 0) is 17.9 Å². The molecule has 0 aliphatic carbocycles. The Morgan fingerprint density at radius 1 is 1.00 bits per heavy atom. The van der Waals surface area contributed by atoms with Gasteiger partial charge >= 0.3 is 0 Å². The molecular formula is C31H41N3O3. The SMILES string of the molecule is CCC(C)N(Cc1cccn1Cc1ccccc1C)C(=O)CN(CC(C)C)C(=O)c1cccc(OC)c1. The summed E-state index contributed by atoms with van der Waals surface area (Å²) in [5.74, 6) is 0.644. The van der Waals surface area contributed by atoms with E-state index in [4.69, 9.17) is 4.74 Å². The van der Waals surface area contributed by atoms with Crippen LogP contribution in [-0.4, -0.2) is 52.4 Å². The number of methoxy groups -OCH3 is 1. The van der Waals surface area contributed by atoms with Crippen LogP contribution in [0.2, 0.25) is 0 Å². The molecule has 37 heavy (non-hydrogen) atoms. The lowest BCUT2D eigenvalue weighted by molar-refractivity contribution is -0.134. The number of carbonyl (C=O) groups is 2. The zero-order chi connectivity index (χ0) is 26.9. The first-order valence-corrected chi connectivity index (χ1v) is 13.1. The molecule has 6 nitrogen and oxygen atoms in total. The number of amides is 2. The predicted octanol–water partition coefficient (Wildman–Crippen LogP) is 5.78. The van der Waals surface area contributed by atoms with Crippen molar-refractivity contribution in [1.29, 1.82) is 0 Å². The van der Waals surface area contributed by atoms with Crippen LogP contribution >= 0.6 is 0 Å². The molecular weight excluding hydrogens is 462 g/mol. The Kier molecular flexibility index (Phi) is 9.95. The summed E-state index contributed by atoms with van der Waals surface area (Å²) in [6, 6.07) is 19.6. The molecule has 0 bridgehead atoms. The summed E-state index contributed by atoms with van der Waals surface area (Å²) in [5.41, 5.74) is 4.10. The molecule has 0 fully saturated rings. The highest BCUT2D eigenvalue weighted by molar-refractivity contribution is 5.96. The van der Waals surface area contributed by atoms with Gasteiger partial charge in [0.1, 0.15) is 12.3 Å². The van der Waals surface area contributed by atoms with Gasteiger partial charge in [-0.25, -0.2) is 0 Å². The van der Waals surface area contributed by atoms with Crippen molar-refractivity contribution in [3.8, 4) is 5.75 Å². The third-order valence-electron chi connectivity index (χ3n) is 6.82. The molecule has 0 spiro atoms. The van der Waals surface area contributed by atoms with E-state index in [-0.39, 0.29) is 30.3 Å². The van der Waals surface area contributed by atoms with Crippen LogP contribution in [0.25, 0.3) is 0 Å². The van der Waals surface area contributed by atoms with Crippen molar-refractivity contribution in [2.75, 3.05) is 20.2 Å². The third kappa shape index (κ3) is 7.48. The van der Waals surface area contributed by atoms with Gasteiger partial charge in [-0.05, 0) is 67.6 Å². The number of hydrogen-bond acceptors (Lipinski definition) is 3. The number of ether oxygens (including phenoxy) is 1. The van der Waals surface area contributed by atoms with Crippen LogP contribution in [0, 0.1) is 12.8 Å². The summed E-state index contributed by atoms with van der Waals surface area (Å²) in [5, 5.41) is 0. The molecule has 0 saturated heterocycles. The average molecular weight is 504 g/mol. The molecule has 0 aliphatic heterocycles. The van der Waals surface area contributed by atoms with Gasteiger partial charge in [0.25, 0.3) is 5.91 Å². The van der Waals surface area contributed by atoms with Crippen molar-refractivity contribution < 1.29 is 14.3 Å². The van der Waals surface area contributed by atoms with E-state index in [0.717, 1.165) is 18.7 Å². The lowest BCUT2D eigenvalue weighted by Gasteiger charge is -2.32. The minimum Gasteiger partial charge on any atom is -0.497 e. The summed E-state index contributed by atoms with van der Waals surface area (Å²) in [6.45, 7) is 12.2. The highest BCUT2D eigenvalue weighted by atomic mass is 16.5. The lowest BCUT2D eigenvalue weighted by atomic mass is 10.1. The number of hydrogen-bond donors (Lipinski definition) is 0. The molecule has 0 saturated carbocycles. The van der Waals surface area contributed by atoms with Gasteiger partial charge in [0.05, 0.1) is 13.7 Å². The fourth-order valence-corrected chi connectivity index (χ4v) is 4.46. The van der Waals surface area contributed by atoms with Crippen LogP contribution in [0.15, 0.2) is 66.9 Å². The van der Waals surface area contributed by atoms with Crippen molar-refractivity contribution in [2.45, 2.75) is 60.2 Å². The van der Waals surface area contributed by atoms with E-state index in [1.807, 2.05) is 17.0 Å². The minimum absolute atomic E-state index is 0.0388. The van der Waals surface area contributed by atoms with Crippen LogP contribution in [0.4, 0.5) is 0 Å². The molecule has 1 heterocycles. The first-order chi connectivity index (χ1) is 17.7. The molecule has 0 radical (unpaired) electrons. The number of carbonyl (C=O) groups excluding carboxylic acids is 2. The van der Waals surface area contributed by atoms with Gasteiger partial charge in [-0.1, -0.05) is 51.1 Å². The highest BCUT2D eigenvalue weighted by Crippen LogP contribution is 2.18. The van der Waals surface area contributed by atoms with Gasteiger partial charge in [0.2, 0.25) is 5.91 Å². The fourth-order valence-electron chi connectivity index (χ4n) is 4.46. The molecule has 3 rings (SSSR count). The van der Waals surface area contributed by atoms with E-state index in [9.17, 15) is 9.59 Å². The molecule has 2 amide bonds. The van der Waals surface area contributed by atoms with Gasteiger partial charge in [0.15, 0.2) is 0 Å². The van der Waals surface area contributed by atoms with Crippen LogP contribution in [0.5, 0.6) is 5.75 Å². The molecule has 6 heteroatoms. The molecule has 3 aromatic rings. The summed E-state index contributed by atoms with van der Waals surface area (Å²) in [6.07, 6.45) is 2.90. The molecule has 0 aliphatic rings. The Bertz CT molecular complexity index is 1180. The van der Waals surface area contributed by atoms with Crippen LogP contribution < -0.4 is 4.74 Å². The summed E-state index contributed by atoms with van der Waals surface area (Å²) in [7, 11) is 1.58. The van der Waals surface area contributed by atoms with E-state index in [1.165, 1.54) is 11.1 Å². The molecule has 1 atom stereocenters. The standard InChI is InChI=1S/C31H41N3O3/c1-7-25(5)34(21-28-15-11-17-32(28)20-27-13-9-8-12-24(27)4)30(35)22-33(19-23(2)3)31(36)26-14-10-16-29(18-26)37-6/h8-18,23,25H,7,19-22H2,1-6H3. The number of nitrogens with zero attached hydrogens (tertiary/aromatic N) is 3. The monoisotopic (exact) mass is 503 g/mol.